The van der Waals surface area contributed by atoms with Crippen LogP contribution in [0, 0.1) is 6.92 Å². The number of amides is 1. The highest BCUT2D eigenvalue weighted by Crippen LogP contribution is 2.22. The van der Waals surface area contributed by atoms with E-state index in [-0.39, 0.29) is 5.91 Å². The van der Waals surface area contributed by atoms with Crippen LogP contribution in [-0.4, -0.2) is 65.1 Å². The van der Waals surface area contributed by atoms with E-state index < -0.39 is 0 Å². The average Bonchev–Trinajstić information content (AvgIpc) is 3.10. The van der Waals surface area contributed by atoms with E-state index in [1.54, 1.807) is 0 Å². The van der Waals surface area contributed by atoms with E-state index in [1.807, 2.05) is 22.6 Å². The van der Waals surface area contributed by atoms with Gasteiger partial charge in [-0.25, -0.2) is 4.68 Å². The summed E-state index contributed by atoms with van der Waals surface area (Å²) in [6, 6.07) is 10.7. The largest absolute Gasteiger partial charge is 0.368 e. The van der Waals surface area contributed by atoms with Crippen molar-refractivity contribution in [2.24, 2.45) is 0 Å². The maximum Gasteiger partial charge on any atom is 0.276 e. The van der Waals surface area contributed by atoms with Crippen LogP contribution in [0.5, 0.6) is 0 Å². The highest BCUT2D eigenvalue weighted by atomic mass is 16.2. The number of anilines is 1. The lowest BCUT2D eigenvalue weighted by Crippen LogP contribution is -2.49. The zero-order valence-corrected chi connectivity index (χ0v) is 15.3. The third kappa shape index (κ3) is 3.31. The lowest BCUT2D eigenvalue weighted by molar-refractivity contribution is 0.0740. The molecule has 0 atom stereocenters. The molecule has 138 valence electrons. The Morgan fingerprint density at radius 2 is 1.77 bits per heavy atom. The van der Waals surface area contributed by atoms with Gasteiger partial charge >= 0.3 is 0 Å². The van der Waals surface area contributed by atoms with Crippen LogP contribution in [0.2, 0.25) is 0 Å². The number of piperazine rings is 1. The Balaban J connectivity index is 1.42. The lowest BCUT2D eigenvalue weighted by Gasteiger charge is -2.35. The molecule has 0 spiro atoms. The number of hydrogen-bond donors (Lipinski definition) is 1. The van der Waals surface area contributed by atoms with Crippen LogP contribution in [0.25, 0.3) is 0 Å². The highest BCUT2D eigenvalue weighted by molar-refractivity contribution is 5.93. The zero-order valence-electron chi connectivity index (χ0n) is 15.3. The molecular formula is C19H26N6O. The molecule has 1 aromatic carbocycles. The average molecular weight is 354 g/mol. The number of para-hydroxylation sites is 1. The van der Waals surface area contributed by atoms with Crippen molar-refractivity contribution in [1.82, 2.24) is 25.2 Å². The Morgan fingerprint density at radius 3 is 2.46 bits per heavy atom. The number of aromatic nitrogens is 3. The van der Waals surface area contributed by atoms with Gasteiger partial charge in [-0.1, -0.05) is 23.4 Å². The fraction of sp³-hybridized carbons (Fsp3) is 0.526. The van der Waals surface area contributed by atoms with E-state index in [2.05, 4.69) is 44.8 Å². The topological polar surface area (TPSA) is 66.3 Å². The van der Waals surface area contributed by atoms with Crippen LogP contribution in [-0.2, 0) is 0 Å². The Hall–Kier alpha value is -2.41. The van der Waals surface area contributed by atoms with Crippen LogP contribution < -0.4 is 10.2 Å². The number of rotatable bonds is 3. The maximum atomic E-state index is 12.9. The van der Waals surface area contributed by atoms with Gasteiger partial charge in [0.2, 0.25) is 0 Å². The Kier molecular flexibility index (Phi) is 4.88. The Morgan fingerprint density at radius 1 is 1.08 bits per heavy atom. The van der Waals surface area contributed by atoms with Crippen LogP contribution in [0.1, 0.15) is 35.1 Å². The molecule has 4 rings (SSSR count). The van der Waals surface area contributed by atoms with E-state index in [4.69, 9.17) is 0 Å². The summed E-state index contributed by atoms with van der Waals surface area (Å²) >= 11 is 0. The number of piperidine rings is 1. The molecule has 2 aliphatic heterocycles. The minimum absolute atomic E-state index is 0.00963. The third-order valence-corrected chi connectivity index (χ3v) is 5.47. The second-order valence-electron chi connectivity index (χ2n) is 7.06. The Bertz CT molecular complexity index is 745. The number of carbonyl (C=O) groups excluding carboxylic acids is 1. The smallest absolute Gasteiger partial charge is 0.276 e. The van der Waals surface area contributed by atoms with Crippen molar-refractivity contribution in [3.63, 3.8) is 0 Å². The first-order valence-electron chi connectivity index (χ1n) is 9.46. The SMILES string of the molecule is Cc1c(C(=O)N2CCN(c3ccccc3)CC2)nnn1C1CCNCC1. The van der Waals surface area contributed by atoms with Gasteiger partial charge in [0.25, 0.3) is 5.91 Å². The summed E-state index contributed by atoms with van der Waals surface area (Å²) in [6.45, 7) is 7.08. The van der Waals surface area contributed by atoms with Crippen molar-refractivity contribution in [2.45, 2.75) is 25.8 Å². The van der Waals surface area contributed by atoms with Gasteiger partial charge in [-0.15, -0.1) is 5.10 Å². The van der Waals surface area contributed by atoms with Gasteiger partial charge in [-0.3, -0.25) is 4.79 Å². The molecule has 1 amide bonds. The molecule has 1 N–H and O–H groups in total. The molecule has 2 saturated heterocycles. The van der Waals surface area contributed by atoms with Crippen molar-refractivity contribution in [2.75, 3.05) is 44.2 Å². The summed E-state index contributed by atoms with van der Waals surface area (Å²) in [4.78, 5) is 17.2. The minimum Gasteiger partial charge on any atom is -0.368 e. The monoisotopic (exact) mass is 354 g/mol. The normalized spacial score (nSPS) is 19.0. The van der Waals surface area contributed by atoms with E-state index in [1.165, 1.54) is 5.69 Å². The quantitative estimate of drug-likeness (QED) is 0.904. The van der Waals surface area contributed by atoms with Crippen molar-refractivity contribution in [1.29, 1.82) is 0 Å². The highest BCUT2D eigenvalue weighted by Gasteiger charge is 2.28. The molecule has 1 aromatic heterocycles. The fourth-order valence-corrected chi connectivity index (χ4v) is 3.89. The van der Waals surface area contributed by atoms with E-state index >= 15 is 0 Å². The molecule has 0 saturated carbocycles. The molecule has 0 aliphatic carbocycles. The molecule has 0 radical (unpaired) electrons. The van der Waals surface area contributed by atoms with Gasteiger partial charge in [0.1, 0.15) is 0 Å². The van der Waals surface area contributed by atoms with Crippen molar-refractivity contribution in [3.05, 3.63) is 41.7 Å². The molecule has 2 aromatic rings. The van der Waals surface area contributed by atoms with Gasteiger partial charge in [-0.2, -0.15) is 0 Å². The number of hydrogen-bond acceptors (Lipinski definition) is 5. The molecule has 2 aliphatic rings. The van der Waals surface area contributed by atoms with Crippen LogP contribution in [0.15, 0.2) is 30.3 Å². The van der Waals surface area contributed by atoms with E-state index in [9.17, 15) is 4.79 Å². The summed E-state index contributed by atoms with van der Waals surface area (Å²) in [5.74, 6) is 0.00963. The predicted molar refractivity (Wildman–Crippen MR) is 100 cm³/mol. The molecule has 0 bridgehead atoms. The molecular weight excluding hydrogens is 328 g/mol. The summed E-state index contributed by atoms with van der Waals surface area (Å²) in [6.07, 6.45) is 2.07. The van der Waals surface area contributed by atoms with Gasteiger partial charge in [0.05, 0.1) is 11.7 Å². The zero-order chi connectivity index (χ0) is 17.9. The molecule has 7 nitrogen and oxygen atoms in total. The van der Waals surface area contributed by atoms with Crippen LogP contribution in [0.4, 0.5) is 5.69 Å². The van der Waals surface area contributed by atoms with Crippen molar-refractivity contribution >= 4 is 11.6 Å². The van der Waals surface area contributed by atoms with Crippen LogP contribution >= 0.6 is 0 Å². The summed E-state index contributed by atoms with van der Waals surface area (Å²) in [5.41, 5.74) is 2.62. The van der Waals surface area contributed by atoms with Gasteiger partial charge < -0.3 is 15.1 Å². The molecule has 7 heteroatoms. The summed E-state index contributed by atoms with van der Waals surface area (Å²) < 4.78 is 1.95. The minimum atomic E-state index is 0.00963. The second-order valence-corrected chi connectivity index (χ2v) is 7.06. The number of nitrogens with one attached hydrogen (secondary N) is 1. The van der Waals surface area contributed by atoms with E-state index in [0.717, 1.165) is 44.7 Å². The van der Waals surface area contributed by atoms with Crippen molar-refractivity contribution < 1.29 is 4.79 Å². The van der Waals surface area contributed by atoms with Crippen LogP contribution in [0.3, 0.4) is 0 Å². The number of benzene rings is 1. The second kappa shape index (κ2) is 7.45. The van der Waals surface area contributed by atoms with Gasteiger partial charge in [0, 0.05) is 31.9 Å². The standard InChI is InChI=1S/C19H26N6O/c1-15-18(21-22-25(15)17-7-9-20-10-8-17)19(26)24-13-11-23(12-14-24)16-5-3-2-4-6-16/h2-6,17,20H,7-14H2,1H3. The summed E-state index contributed by atoms with van der Waals surface area (Å²) in [5, 5.41) is 11.9. The predicted octanol–water partition coefficient (Wildman–Crippen LogP) is 1.47. The molecule has 3 heterocycles. The lowest BCUT2D eigenvalue weighted by atomic mass is 10.1. The Labute approximate surface area is 154 Å². The maximum absolute atomic E-state index is 12.9. The molecule has 2 fully saturated rings. The molecule has 0 unspecified atom stereocenters. The number of carbonyl (C=O) groups is 1. The first-order chi connectivity index (χ1) is 12.7. The van der Waals surface area contributed by atoms with Crippen molar-refractivity contribution in [3.8, 4) is 0 Å². The summed E-state index contributed by atoms with van der Waals surface area (Å²) in [7, 11) is 0. The first-order valence-corrected chi connectivity index (χ1v) is 9.46. The van der Waals surface area contributed by atoms with Gasteiger partial charge in [-0.05, 0) is 45.0 Å². The van der Waals surface area contributed by atoms with E-state index in [0.29, 0.717) is 24.8 Å². The first kappa shape index (κ1) is 17.0. The fourth-order valence-electron chi connectivity index (χ4n) is 3.89. The third-order valence-electron chi connectivity index (χ3n) is 5.47. The van der Waals surface area contributed by atoms with Gasteiger partial charge in [0.15, 0.2) is 5.69 Å². The molecule has 26 heavy (non-hydrogen) atoms. The number of nitrogens with zero attached hydrogens (tertiary/aromatic N) is 5.